The van der Waals surface area contributed by atoms with Crippen LogP contribution in [0.15, 0.2) is 12.1 Å². The molecule has 1 heterocycles. The highest BCUT2D eigenvalue weighted by atomic mass is 35.5. The Morgan fingerprint density at radius 1 is 1.23 bits per heavy atom. The first-order valence-corrected chi connectivity index (χ1v) is 7.67. The number of aromatic hydroxyl groups is 1. The third-order valence-electron chi connectivity index (χ3n) is 4.52. The molecule has 2 aliphatic rings. The van der Waals surface area contributed by atoms with Crippen LogP contribution in [0, 0.1) is 11.7 Å². The Kier molecular flexibility index (Phi) is 7.69. The van der Waals surface area contributed by atoms with Crippen LogP contribution in [0.5, 0.6) is 5.75 Å². The van der Waals surface area contributed by atoms with Crippen molar-refractivity contribution in [3.05, 3.63) is 28.5 Å². The largest absolute Gasteiger partial charge is 0.506 e. The van der Waals surface area contributed by atoms with Gasteiger partial charge in [-0.2, -0.15) is 0 Å². The van der Waals surface area contributed by atoms with Crippen molar-refractivity contribution in [3.8, 4) is 5.75 Å². The summed E-state index contributed by atoms with van der Waals surface area (Å²) in [6.07, 6.45) is 3.50. The van der Waals surface area contributed by atoms with E-state index in [1.807, 2.05) is 0 Å². The van der Waals surface area contributed by atoms with Gasteiger partial charge in [0.2, 0.25) is 0 Å². The average Bonchev–Trinajstić information content (AvgIpc) is 2.39. The first-order valence-electron chi connectivity index (χ1n) is 7.29. The van der Waals surface area contributed by atoms with E-state index in [0.29, 0.717) is 11.5 Å². The second-order valence-electron chi connectivity index (χ2n) is 5.75. The molecule has 1 atom stereocenters. The summed E-state index contributed by atoms with van der Waals surface area (Å²) in [6, 6.07) is 2.71. The lowest BCUT2D eigenvalue weighted by Gasteiger charge is -2.43. The topological polar surface area (TPSA) is 35.5 Å². The zero-order chi connectivity index (χ0) is 14.1. The van der Waals surface area contributed by atoms with Crippen LogP contribution in [0.25, 0.3) is 0 Å². The Labute approximate surface area is 148 Å². The van der Waals surface area contributed by atoms with Crippen molar-refractivity contribution in [3.63, 3.8) is 0 Å². The minimum atomic E-state index is -0.373. The average molecular weight is 372 g/mol. The fourth-order valence-corrected chi connectivity index (χ4v) is 3.49. The molecule has 0 amide bonds. The SMILES string of the molecule is Cl.Cl.Oc1c(Cl)cc(F)cc1[C@@H](C1CCC1)N1CCNCC1. The van der Waals surface area contributed by atoms with Gasteiger partial charge in [-0.25, -0.2) is 4.39 Å². The van der Waals surface area contributed by atoms with Crippen molar-refractivity contribution in [1.29, 1.82) is 0 Å². The number of nitrogens with zero attached hydrogens (tertiary/aromatic N) is 1. The summed E-state index contributed by atoms with van der Waals surface area (Å²) >= 11 is 5.95. The highest BCUT2D eigenvalue weighted by Gasteiger charge is 2.35. The maximum absolute atomic E-state index is 13.7. The van der Waals surface area contributed by atoms with Gasteiger partial charge in [-0.15, -0.1) is 24.8 Å². The van der Waals surface area contributed by atoms with Gasteiger partial charge in [0.1, 0.15) is 11.6 Å². The highest BCUT2D eigenvalue weighted by Crippen LogP contribution is 2.45. The number of piperazine rings is 1. The van der Waals surface area contributed by atoms with Crippen LogP contribution < -0.4 is 5.32 Å². The number of benzene rings is 1. The molecule has 1 saturated heterocycles. The maximum Gasteiger partial charge on any atom is 0.139 e. The Bertz CT molecular complexity index is 494. The number of phenols is 1. The molecule has 7 heteroatoms. The third-order valence-corrected chi connectivity index (χ3v) is 4.81. The van der Waals surface area contributed by atoms with E-state index in [2.05, 4.69) is 10.2 Å². The summed E-state index contributed by atoms with van der Waals surface area (Å²) in [7, 11) is 0. The van der Waals surface area contributed by atoms with Gasteiger partial charge in [-0.3, -0.25) is 4.90 Å². The van der Waals surface area contributed by atoms with Gasteiger partial charge >= 0.3 is 0 Å². The Hall–Kier alpha value is -0.260. The first kappa shape index (κ1) is 19.8. The van der Waals surface area contributed by atoms with Crippen molar-refractivity contribution in [2.24, 2.45) is 5.92 Å². The van der Waals surface area contributed by atoms with Gasteiger partial charge in [0.25, 0.3) is 0 Å². The van der Waals surface area contributed by atoms with Crippen molar-refractivity contribution in [2.75, 3.05) is 26.2 Å². The zero-order valence-corrected chi connectivity index (χ0v) is 14.6. The number of hydrogen-bond acceptors (Lipinski definition) is 3. The fourth-order valence-electron chi connectivity index (χ4n) is 3.28. The number of hydrogen-bond donors (Lipinski definition) is 2. The lowest BCUT2D eigenvalue weighted by atomic mass is 9.76. The van der Waals surface area contributed by atoms with E-state index in [1.165, 1.54) is 18.6 Å². The van der Waals surface area contributed by atoms with Crippen molar-refractivity contribution in [2.45, 2.75) is 25.3 Å². The van der Waals surface area contributed by atoms with E-state index in [-0.39, 0.29) is 47.4 Å². The molecule has 0 radical (unpaired) electrons. The van der Waals surface area contributed by atoms with E-state index >= 15 is 0 Å². The number of halogens is 4. The Balaban J connectivity index is 0.00000121. The molecule has 1 aromatic rings. The van der Waals surface area contributed by atoms with Crippen LogP contribution in [-0.4, -0.2) is 36.2 Å². The molecule has 0 bridgehead atoms. The second-order valence-corrected chi connectivity index (χ2v) is 6.15. The molecule has 1 aliphatic carbocycles. The minimum Gasteiger partial charge on any atom is -0.506 e. The summed E-state index contributed by atoms with van der Waals surface area (Å²) in [5.41, 5.74) is 0.654. The molecule has 3 rings (SSSR count). The molecule has 0 unspecified atom stereocenters. The minimum absolute atomic E-state index is 0. The van der Waals surface area contributed by atoms with Gasteiger partial charge in [0, 0.05) is 37.8 Å². The summed E-state index contributed by atoms with van der Waals surface area (Å²) < 4.78 is 13.7. The standard InChI is InChI=1S/C15H20ClFN2O.2ClH/c16-13-9-11(17)8-12(15(13)20)14(10-2-1-3-10)19-6-4-18-5-7-19;;/h8-10,14,18,20H,1-7H2;2*1H/t14-;;/m1../s1. The van der Waals surface area contributed by atoms with Crippen molar-refractivity contribution in [1.82, 2.24) is 10.2 Å². The maximum atomic E-state index is 13.7. The molecule has 2 N–H and O–H groups in total. The van der Waals surface area contributed by atoms with Crippen LogP contribution in [-0.2, 0) is 0 Å². The molecule has 3 nitrogen and oxygen atoms in total. The predicted octanol–water partition coefficient (Wildman–Crippen LogP) is 3.77. The second kappa shape index (κ2) is 8.55. The molecule has 0 aromatic heterocycles. The van der Waals surface area contributed by atoms with Gasteiger partial charge < -0.3 is 10.4 Å². The van der Waals surface area contributed by atoms with Crippen LogP contribution in [0.4, 0.5) is 4.39 Å². The van der Waals surface area contributed by atoms with Gasteiger partial charge in [-0.05, 0) is 30.9 Å². The molecule has 0 spiro atoms. The first-order chi connectivity index (χ1) is 9.66. The smallest absolute Gasteiger partial charge is 0.139 e. The summed E-state index contributed by atoms with van der Waals surface area (Å²) in [5, 5.41) is 13.7. The molecular formula is C15H22Cl3FN2O. The molecule has 1 aromatic carbocycles. The van der Waals surface area contributed by atoms with E-state index in [0.717, 1.165) is 39.0 Å². The van der Waals surface area contributed by atoms with E-state index < -0.39 is 0 Å². The zero-order valence-electron chi connectivity index (χ0n) is 12.2. The number of nitrogens with one attached hydrogen (secondary N) is 1. The van der Waals surface area contributed by atoms with Crippen molar-refractivity contribution >= 4 is 36.4 Å². The van der Waals surface area contributed by atoms with Crippen LogP contribution in [0.1, 0.15) is 30.9 Å². The predicted molar refractivity (Wildman–Crippen MR) is 92.1 cm³/mol. The lowest BCUT2D eigenvalue weighted by Crippen LogP contribution is -2.47. The summed E-state index contributed by atoms with van der Waals surface area (Å²) in [5.74, 6) is 0.169. The Morgan fingerprint density at radius 3 is 2.41 bits per heavy atom. The molecule has 22 heavy (non-hydrogen) atoms. The molecule has 1 saturated carbocycles. The molecule has 126 valence electrons. The quantitative estimate of drug-likeness (QED) is 0.849. The lowest BCUT2D eigenvalue weighted by molar-refractivity contribution is 0.0817. The fraction of sp³-hybridized carbons (Fsp3) is 0.600. The van der Waals surface area contributed by atoms with Crippen LogP contribution in [0.2, 0.25) is 5.02 Å². The van der Waals surface area contributed by atoms with E-state index in [1.54, 1.807) is 0 Å². The summed E-state index contributed by atoms with van der Waals surface area (Å²) in [6.45, 7) is 3.73. The third kappa shape index (κ3) is 3.98. The Morgan fingerprint density at radius 2 is 1.86 bits per heavy atom. The highest BCUT2D eigenvalue weighted by molar-refractivity contribution is 6.32. The molecule has 2 fully saturated rings. The van der Waals surface area contributed by atoms with E-state index in [4.69, 9.17) is 11.6 Å². The number of phenolic OH excluding ortho intramolecular Hbond substituents is 1. The number of rotatable bonds is 3. The van der Waals surface area contributed by atoms with Gasteiger partial charge in [0.05, 0.1) is 5.02 Å². The monoisotopic (exact) mass is 370 g/mol. The van der Waals surface area contributed by atoms with Crippen LogP contribution in [0.3, 0.4) is 0 Å². The normalized spacial score (nSPS) is 20.5. The van der Waals surface area contributed by atoms with Gasteiger partial charge in [0.15, 0.2) is 0 Å². The summed E-state index contributed by atoms with van der Waals surface area (Å²) in [4.78, 5) is 2.35. The van der Waals surface area contributed by atoms with Crippen molar-refractivity contribution < 1.29 is 9.50 Å². The van der Waals surface area contributed by atoms with E-state index in [9.17, 15) is 9.50 Å². The van der Waals surface area contributed by atoms with Gasteiger partial charge in [-0.1, -0.05) is 18.0 Å². The van der Waals surface area contributed by atoms with Crippen LogP contribution >= 0.6 is 36.4 Å². The molecule has 1 aliphatic heterocycles. The molecular weight excluding hydrogens is 350 g/mol.